The molecular formula is C17H26. The summed E-state index contributed by atoms with van der Waals surface area (Å²) in [7, 11) is 0. The molecule has 0 N–H and O–H groups in total. The molecule has 1 aromatic carbocycles. The van der Waals surface area contributed by atoms with Crippen LogP contribution in [-0.2, 0) is 12.8 Å². The Bertz CT molecular complexity index is 312. The summed E-state index contributed by atoms with van der Waals surface area (Å²) >= 11 is 0. The van der Waals surface area contributed by atoms with Gasteiger partial charge in [0.15, 0.2) is 0 Å². The predicted octanol–water partition coefficient (Wildman–Crippen LogP) is 5.32. The molecule has 0 nitrogen and oxygen atoms in total. The summed E-state index contributed by atoms with van der Waals surface area (Å²) in [5.41, 5.74) is 3.12. The first kappa shape index (κ1) is 14.0. The minimum absolute atomic E-state index is 1.17. The molecule has 0 amide bonds. The summed E-state index contributed by atoms with van der Waals surface area (Å²) in [5, 5.41) is 0. The van der Waals surface area contributed by atoms with Crippen molar-refractivity contribution in [3.05, 3.63) is 48.0 Å². The molecule has 0 radical (unpaired) electrons. The average molecular weight is 230 g/mol. The number of hydrogen-bond donors (Lipinski definition) is 0. The maximum atomic E-state index is 3.76. The molecule has 0 aliphatic rings. The molecule has 17 heavy (non-hydrogen) atoms. The Morgan fingerprint density at radius 3 is 2.24 bits per heavy atom. The molecule has 0 aliphatic heterocycles. The molecule has 0 atom stereocenters. The standard InChI is InChI=1S/C17H26/c1-3-5-6-7-8-9-13-17-15-11-10-14-16(17)12-4-2/h3,10-11,14-15H,1,4-9,12-13H2,2H3. The van der Waals surface area contributed by atoms with Gasteiger partial charge in [-0.05, 0) is 43.2 Å². The molecular weight excluding hydrogens is 204 g/mol. The van der Waals surface area contributed by atoms with E-state index in [1.165, 1.54) is 51.4 Å². The van der Waals surface area contributed by atoms with Crippen molar-refractivity contribution < 1.29 is 0 Å². The first-order chi connectivity index (χ1) is 8.38. The Morgan fingerprint density at radius 1 is 0.941 bits per heavy atom. The molecule has 0 saturated carbocycles. The topological polar surface area (TPSA) is 0 Å². The van der Waals surface area contributed by atoms with Crippen molar-refractivity contribution in [1.82, 2.24) is 0 Å². The molecule has 1 rings (SSSR count). The summed E-state index contributed by atoms with van der Waals surface area (Å²) in [4.78, 5) is 0. The molecule has 94 valence electrons. The second kappa shape index (κ2) is 9.04. The van der Waals surface area contributed by atoms with Crippen molar-refractivity contribution in [2.75, 3.05) is 0 Å². The lowest BCUT2D eigenvalue weighted by Gasteiger charge is -2.08. The van der Waals surface area contributed by atoms with Crippen LogP contribution in [0.25, 0.3) is 0 Å². The van der Waals surface area contributed by atoms with Crippen LogP contribution in [0.3, 0.4) is 0 Å². The fourth-order valence-corrected chi connectivity index (χ4v) is 2.27. The van der Waals surface area contributed by atoms with Gasteiger partial charge in [-0.2, -0.15) is 0 Å². The van der Waals surface area contributed by atoms with Gasteiger partial charge in [0, 0.05) is 0 Å². The van der Waals surface area contributed by atoms with E-state index < -0.39 is 0 Å². The van der Waals surface area contributed by atoms with Crippen molar-refractivity contribution in [3.63, 3.8) is 0 Å². The van der Waals surface area contributed by atoms with Gasteiger partial charge in [0.2, 0.25) is 0 Å². The van der Waals surface area contributed by atoms with E-state index >= 15 is 0 Å². The molecule has 0 saturated heterocycles. The lowest BCUT2D eigenvalue weighted by atomic mass is 9.98. The summed E-state index contributed by atoms with van der Waals surface area (Å²) in [6.07, 6.45) is 12.3. The number of aryl methyl sites for hydroxylation is 2. The SMILES string of the molecule is C=CCCCCCCc1ccccc1CCC. The highest BCUT2D eigenvalue weighted by molar-refractivity contribution is 5.27. The Morgan fingerprint density at radius 2 is 1.59 bits per heavy atom. The van der Waals surface area contributed by atoms with Crippen LogP contribution in [0.5, 0.6) is 0 Å². The van der Waals surface area contributed by atoms with Crippen LogP contribution in [-0.4, -0.2) is 0 Å². The summed E-state index contributed by atoms with van der Waals surface area (Å²) in [6.45, 7) is 6.01. The Hall–Kier alpha value is -1.04. The largest absolute Gasteiger partial charge is 0.103 e. The summed E-state index contributed by atoms with van der Waals surface area (Å²) in [6, 6.07) is 8.93. The molecule has 0 bridgehead atoms. The molecule has 0 unspecified atom stereocenters. The normalized spacial score (nSPS) is 10.4. The van der Waals surface area contributed by atoms with Crippen LogP contribution < -0.4 is 0 Å². The molecule has 0 heterocycles. The van der Waals surface area contributed by atoms with Crippen LogP contribution in [0.4, 0.5) is 0 Å². The van der Waals surface area contributed by atoms with E-state index in [0.29, 0.717) is 0 Å². The van der Waals surface area contributed by atoms with E-state index in [-0.39, 0.29) is 0 Å². The number of unbranched alkanes of at least 4 members (excludes halogenated alkanes) is 4. The van der Waals surface area contributed by atoms with Crippen LogP contribution in [0, 0.1) is 0 Å². The van der Waals surface area contributed by atoms with E-state index in [1.54, 1.807) is 11.1 Å². The van der Waals surface area contributed by atoms with Crippen molar-refractivity contribution in [3.8, 4) is 0 Å². The van der Waals surface area contributed by atoms with Crippen molar-refractivity contribution in [2.45, 2.75) is 58.3 Å². The highest BCUT2D eigenvalue weighted by Crippen LogP contribution is 2.15. The number of allylic oxidation sites excluding steroid dienone is 1. The third-order valence-electron chi connectivity index (χ3n) is 3.24. The number of rotatable bonds is 9. The highest BCUT2D eigenvalue weighted by atomic mass is 14.1. The van der Waals surface area contributed by atoms with Gasteiger partial charge in [-0.15, -0.1) is 6.58 Å². The first-order valence-electron chi connectivity index (χ1n) is 7.06. The van der Waals surface area contributed by atoms with Gasteiger partial charge >= 0.3 is 0 Å². The number of hydrogen-bond acceptors (Lipinski definition) is 0. The quantitative estimate of drug-likeness (QED) is 0.398. The van der Waals surface area contributed by atoms with E-state index in [9.17, 15) is 0 Å². The lowest BCUT2D eigenvalue weighted by molar-refractivity contribution is 0.644. The molecule has 0 heteroatoms. The zero-order valence-electron chi connectivity index (χ0n) is 11.3. The van der Waals surface area contributed by atoms with Crippen molar-refractivity contribution in [2.24, 2.45) is 0 Å². The van der Waals surface area contributed by atoms with Gasteiger partial charge in [-0.3, -0.25) is 0 Å². The van der Waals surface area contributed by atoms with E-state index in [4.69, 9.17) is 0 Å². The zero-order valence-corrected chi connectivity index (χ0v) is 11.3. The highest BCUT2D eigenvalue weighted by Gasteiger charge is 2.00. The monoisotopic (exact) mass is 230 g/mol. The van der Waals surface area contributed by atoms with E-state index in [0.717, 1.165) is 0 Å². The maximum Gasteiger partial charge on any atom is -0.0276 e. The minimum Gasteiger partial charge on any atom is -0.103 e. The maximum absolute atomic E-state index is 3.76. The van der Waals surface area contributed by atoms with Gasteiger partial charge in [-0.1, -0.05) is 56.5 Å². The summed E-state index contributed by atoms with van der Waals surface area (Å²) < 4.78 is 0. The summed E-state index contributed by atoms with van der Waals surface area (Å²) in [5.74, 6) is 0. The third kappa shape index (κ3) is 5.72. The van der Waals surface area contributed by atoms with Crippen LogP contribution in [0.15, 0.2) is 36.9 Å². The van der Waals surface area contributed by atoms with Gasteiger partial charge in [0.1, 0.15) is 0 Å². The predicted molar refractivity (Wildman–Crippen MR) is 77.4 cm³/mol. The number of benzene rings is 1. The van der Waals surface area contributed by atoms with Crippen LogP contribution >= 0.6 is 0 Å². The lowest BCUT2D eigenvalue weighted by Crippen LogP contribution is -1.94. The van der Waals surface area contributed by atoms with Crippen LogP contribution in [0.2, 0.25) is 0 Å². The van der Waals surface area contributed by atoms with Crippen molar-refractivity contribution >= 4 is 0 Å². The second-order valence-corrected chi connectivity index (χ2v) is 4.76. The van der Waals surface area contributed by atoms with Crippen molar-refractivity contribution in [1.29, 1.82) is 0 Å². The average Bonchev–Trinajstić information content (AvgIpc) is 2.36. The fourth-order valence-electron chi connectivity index (χ4n) is 2.27. The zero-order chi connectivity index (χ0) is 12.3. The van der Waals surface area contributed by atoms with Gasteiger partial charge in [-0.25, -0.2) is 0 Å². The third-order valence-corrected chi connectivity index (χ3v) is 3.24. The molecule has 0 fully saturated rings. The van der Waals surface area contributed by atoms with Gasteiger partial charge in [0.25, 0.3) is 0 Å². The van der Waals surface area contributed by atoms with Gasteiger partial charge in [0.05, 0.1) is 0 Å². The smallest absolute Gasteiger partial charge is 0.0276 e. The second-order valence-electron chi connectivity index (χ2n) is 4.76. The first-order valence-corrected chi connectivity index (χ1v) is 7.06. The minimum atomic E-state index is 1.17. The van der Waals surface area contributed by atoms with Crippen LogP contribution in [0.1, 0.15) is 56.6 Å². The van der Waals surface area contributed by atoms with E-state index in [2.05, 4.69) is 37.8 Å². The Balaban J connectivity index is 2.28. The Kier molecular flexibility index (Phi) is 7.46. The Labute approximate surface area is 107 Å². The molecule has 1 aromatic rings. The fraction of sp³-hybridized carbons (Fsp3) is 0.529. The molecule has 0 aromatic heterocycles. The molecule has 0 spiro atoms. The molecule has 0 aliphatic carbocycles. The van der Waals surface area contributed by atoms with E-state index in [1.807, 2.05) is 6.08 Å². The van der Waals surface area contributed by atoms with Gasteiger partial charge < -0.3 is 0 Å².